The maximum Gasteiger partial charge on any atom is 0.269 e. The van der Waals surface area contributed by atoms with Crippen molar-refractivity contribution in [3.05, 3.63) is 24.0 Å². The quantitative estimate of drug-likeness (QED) is 0.798. The lowest BCUT2D eigenvalue weighted by Gasteiger charge is -2.35. The smallest absolute Gasteiger partial charge is 0.269 e. The normalized spacial score (nSPS) is 22.0. The van der Waals surface area contributed by atoms with Crippen molar-refractivity contribution in [2.24, 2.45) is 0 Å². The van der Waals surface area contributed by atoms with E-state index in [4.69, 9.17) is 4.74 Å². The lowest BCUT2D eigenvalue weighted by Crippen LogP contribution is -2.38. The third kappa shape index (κ3) is 5.16. The summed E-state index contributed by atoms with van der Waals surface area (Å²) in [4.78, 5) is 21.4. The number of aromatic nitrogens is 1. The van der Waals surface area contributed by atoms with Crippen LogP contribution in [0.25, 0.3) is 0 Å². The summed E-state index contributed by atoms with van der Waals surface area (Å²) in [6, 6.07) is 4.47. The Labute approximate surface area is 150 Å². The lowest BCUT2D eigenvalue weighted by molar-refractivity contribution is 0.0374. The van der Waals surface area contributed by atoms with E-state index in [0.717, 1.165) is 51.5 Å². The zero-order valence-electron chi connectivity index (χ0n) is 15.2. The van der Waals surface area contributed by atoms with Crippen LogP contribution < -0.4 is 10.2 Å². The van der Waals surface area contributed by atoms with Crippen LogP contribution in [0.1, 0.15) is 43.1 Å². The molecule has 0 radical (unpaired) electrons. The summed E-state index contributed by atoms with van der Waals surface area (Å²) < 4.78 is 5.35. The fraction of sp³-hybridized carbons (Fsp3) is 0.684. The Bertz CT molecular complexity index is 560. The fourth-order valence-corrected chi connectivity index (χ4v) is 3.62. The van der Waals surface area contributed by atoms with E-state index < -0.39 is 0 Å². The molecule has 0 aliphatic carbocycles. The van der Waals surface area contributed by atoms with Crippen molar-refractivity contribution in [3.8, 4) is 0 Å². The molecule has 25 heavy (non-hydrogen) atoms. The van der Waals surface area contributed by atoms with Crippen LogP contribution in [-0.2, 0) is 4.74 Å². The van der Waals surface area contributed by atoms with Gasteiger partial charge in [0, 0.05) is 44.1 Å². The van der Waals surface area contributed by atoms with E-state index >= 15 is 0 Å². The van der Waals surface area contributed by atoms with Gasteiger partial charge in [-0.25, -0.2) is 0 Å². The second kappa shape index (κ2) is 9.15. The number of hydrogen-bond acceptors (Lipinski definition) is 5. The molecule has 1 N–H and O–H groups in total. The van der Waals surface area contributed by atoms with E-state index in [1.165, 1.54) is 19.3 Å². The van der Waals surface area contributed by atoms with E-state index in [0.29, 0.717) is 18.3 Å². The first-order valence-electron chi connectivity index (χ1n) is 9.55. The van der Waals surface area contributed by atoms with E-state index in [1.807, 2.05) is 12.1 Å². The topological polar surface area (TPSA) is 57.7 Å². The molecule has 138 valence electrons. The zero-order valence-corrected chi connectivity index (χ0v) is 15.2. The minimum atomic E-state index is -0.0755. The number of carbonyl (C=O) groups is 1. The summed E-state index contributed by atoms with van der Waals surface area (Å²) in [5.41, 5.74) is 1.63. The number of ether oxygens (including phenoxy) is 1. The minimum absolute atomic E-state index is 0.0755. The van der Waals surface area contributed by atoms with Gasteiger partial charge in [0.15, 0.2) is 0 Å². The zero-order chi connectivity index (χ0) is 17.5. The molecular formula is C19H30N4O2. The van der Waals surface area contributed by atoms with Crippen LogP contribution in [0.15, 0.2) is 18.3 Å². The third-order valence-electron chi connectivity index (χ3n) is 5.15. The number of nitrogens with one attached hydrogen (secondary N) is 1. The van der Waals surface area contributed by atoms with Gasteiger partial charge in [0.05, 0.1) is 13.2 Å². The maximum atomic E-state index is 12.4. The molecule has 3 heterocycles. The lowest BCUT2D eigenvalue weighted by atomic mass is 10.0. The molecule has 2 saturated heterocycles. The number of amides is 1. The van der Waals surface area contributed by atoms with E-state index in [9.17, 15) is 4.79 Å². The molecule has 2 fully saturated rings. The summed E-state index contributed by atoms with van der Waals surface area (Å²) in [5, 5.41) is 3.00. The summed E-state index contributed by atoms with van der Waals surface area (Å²) in [5.74, 6) is -0.0755. The van der Waals surface area contributed by atoms with Crippen LogP contribution in [0.2, 0.25) is 0 Å². The van der Waals surface area contributed by atoms with Crippen molar-refractivity contribution in [2.75, 3.05) is 50.8 Å². The van der Waals surface area contributed by atoms with Crippen LogP contribution in [0.5, 0.6) is 0 Å². The highest BCUT2D eigenvalue weighted by atomic mass is 16.5. The van der Waals surface area contributed by atoms with Gasteiger partial charge < -0.3 is 15.0 Å². The Balaban J connectivity index is 1.47. The number of hydrogen-bond donors (Lipinski definition) is 1. The predicted molar refractivity (Wildman–Crippen MR) is 99.1 cm³/mol. The predicted octanol–water partition coefficient (Wildman–Crippen LogP) is 1.91. The summed E-state index contributed by atoms with van der Waals surface area (Å²) in [6.45, 7) is 8.62. The molecule has 6 nitrogen and oxygen atoms in total. The molecule has 3 rings (SSSR count). The molecular weight excluding hydrogens is 316 g/mol. The van der Waals surface area contributed by atoms with Gasteiger partial charge in [-0.1, -0.05) is 0 Å². The Kier molecular flexibility index (Phi) is 6.64. The Morgan fingerprint density at radius 2 is 2.16 bits per heavy atom. The number of anilines is 1. The average Bonchev–Trinajstić information content (AvgIpc) is 2.66. The number of nitrogens with zero attached hydrogens (tertiary/aromatic N) is 3. The van der Waals surface area contributed by atoms with Crippen molar-refractivity contribution in [2.45, 2.75) is 38.6 Å². The molecule has 0 unspecified atom stereocenters. The summed E-state index contributed by atoms with van der Waals surface area (Å²) in [7, 11) is 0. The summed E-state index contributed by atoms with van der Waals surface area (Å²) >= 11 is 0. The van der Waals surface area contributed by atoms with Crippen LogP contribution in [0, 0.1) is 0 Å². The van der Waals surface area contributed by atoms with Crippen molar-refractivity contribution >= 4 is 11.6 Å². The second-order valence-corrected chi connectivity index (χ2v) is 7.00. The number of rotatable bonds is 6. The highest BCUT2D eigenvalue weighted by Gasteiger charge is 2.19. The molecule has 6 heteroatoms. The number of pyridine rings is 1. The summed E-state index contributed by atoms with van der Waals surface area (Å²) in [6.07, 6.45) is 6.42. The highest BCUT2D eigenvalue weighted by molar-refractivity contribution is 5.93. The van der Waals surface area contributed by atoms with Crippen LogP contribution in [0.4, 0.5) is 5.69 Å². The molecule has 0 aromatic carbocycles. The van der Waals surface area contributed by atoms with Gasteiger partial charge in [-0.15, -0.1) is 0 Å². The molecule has 1 atom stereocenters. The van der Waals surface area contributed by atoms with Gasteiger partial charge >= 0.3 is 0 Å². The van der Waals surface area contributed by atoms with E-state index in [1.54, 1.807) is 6.20 Å². The first kappa shape index (κ1) is 18.1. The Hall–Kier alpha value is -1.66. The molecule has 2 aliphatic rings. The standard InChI is InChI=1S/C19H30N4O2/c1-16-5-2-3-10-23(16)17-6-8-20-18(15-17)19(24)21-7-4-9-22-11-13-25-14-12-22/h6,8,15-16H,2-5,7,9-14H2,1H3,(H,21,24)/t16-/m1/s1. The van der Waals surface area contributed by atoms with E-state index in [-0.39, 0.29) is 5.91 Å². The Morgan fingerprint density at radius 3 is 2.96 bits per heavy atom. The molecule has 0 saturated carbocycles. The van der Waals surface area contributed by atoms with Crippen LogP contribution in [0.3, 0.4) is 0 Å². The molecule has 1 amide bonds. The number of piperidine rings is 1. The van der Waals surface area contributed by atoms with Crippen molar-refractivity contribution in [1.29, 1.82) is 0 Å². The highest BCUT2D eigenvalue weighted by Crippen LogP contribution is 2.24. The third-order valence-corrected chi connectivity index (χ3v) is 5.15. The SMILES string of the molecule is C[C@@H]1CCCCN1c1ccnc(C(=O)NCCCN2CCOCC2)c1. The van der Waals surface area contributed by atoms with Gasteiger partial charge in [-0.2, -0.15) is 0 Å². The van der Waals surface area contributed by atoms with Crippen molar-refractivity contribution in [1.82, 2.24) is 15.2 Å². The van der Waals surface area contributed by atoms with Gasteiger partial charge in [0.2, 0.25) is 0 Å². The first-order chi connectivity index (χ1) is 12.2. The first-order valence-corrected chi connectivity index (χ1v) is 9.55. The van der Waals surface area contributed by atoms with Crippen molar-refractivity contribution in [3.63, 3.8) is 0 Å². The van der Waals surface area contributed by atoms with Crippen LogP contribution in [-0.4, -0.2) is 67.8 Å². The molecule has 1 aromatic rings. The maximum absolute atomic E-state index is 12.4. The van der Waals surface area contributed by atoms with Gasteiger partial charge in [-0.05, 0) is 51.3 Å². The minimum Gasteiger partial charge on any atom is -0.379 e. The van der Waals surface area contributed by atoms with Crippen molar-refractivity contribution < 1.29 is 9.53 Å². The molecule has 2 aliphatic heterocycles. The molecule has 0 bridgehead atoms. The van der Waals surface area contributed by atoms with Gasteiger partial charge in [0.1, 0.15) is 5.69 Å². The fourth-order valence-electron chi connectivity index (χ4n) is 3.62. The van der Waals surface area contributed by atoms with Gasteiger partial charge in [-0.3, -0.25) is 14.7 Å². The molecule has 1 aromatic heterocycles. The largest absolute Gasteiger partial charge is 0.379 e. The van der Waals surface area contributed by atoms with Gasteiger partial charge in [0.25, 0.3) is 5.91 Å². The average molecular weight is 346 g/mol. The number of morpholine rings is 1. The Morgan fingerprint density at radius 1 is 1.32 bits per heavy atom. The monoisotopic (exact) mass is 346 g/mol. The van der Waals surface area contributed by atoms with Crippen LogP contribution >= 0.6 is 0 Å². The number of carbonyl (C=O) groups excluding carboxylic acids is 1. The van der Waals surface area contributed by atoms with E-state index in [2.05, 4.69) is 27.0 Å². The second-order valence-electron chi connectivity index (χ2n) is 7.00. The molecule has 0 spiro atoms.